The topological polar surface area (TPSA) is 0 Å². The van der Waals surface area contributed by atoms with Gasteiger partial charge < -0.3 is 0 Å². The minimum absolute atomic E-state index is 0.170. The van der Waals surface area contributed by atoms with Crippen molar-refractivity contribution in [3.05, 3.63) is 44.6 Å². The van der Waals surface area contributed by atoms with Gasteiger partial charge in [0.05, 0.1) is 0 Å². The predicted molar refractivity (Wildman–Crippen MR) is 132 cm³/mol. The van der Waals surface area contributed by atoms with E-state index in [-0.39, 0.29) is 20.8 Å². The molecule has 0 aromatic rings. The summed E-state index contributed by atoms with van der Waals surface area (Å²) in [5, 5.41) is 0.169. The van der Waals surface area contributed by atoms with Crippen LogP contribution in [0.1, 0.15) is 69.2 Å². The van der Waals surface area contributed by atoms with Gasteiger partial charge in [0.1, 0.15) is 0 Å². The third-order valence-electron chi connectivity index (χ3n) is 7.19. The lowest BCUT2D eigenvalue weighted by molar-refractivity contribution is 0.860. The molecule has 0 aromatic carbocycles. The Hall–Kier alpha value is 1.28. The summed E-state index contributed by atoms with van der Waals surface area (Å²) in [5.74, 6) is 0. The highest BCUT2D eigenvalue weighted by Gasteiger charge is 2.52. The molecule has 2 aliphatic carbocycles. The van der Waals surface area contributed by atoms with Crippen molar-refractivity contribution in [2.24, 2.45) is 0 Å². The summed E-state index contributed by atoms with van der Waals surface area (Å²) in [7, 11) is 0. The first-order chi connectivity index (χ1) is 10.8. The molecule has 24 heavy (non-hydrogen) atoms. The molecule has 0 fully saturated rings. The van der Waals surface area contributed by atoms with E-state index in [4.69, 9.17) is 0 Å². The fraction of sp³-hybridized carbons (Fsp3) is 0.600. The predicted octanol–water partition coefficient (Wildman–Crippen LogP) is 9.46. The van der Waals surface area contributed by atoms with Gasteiger partial charge in [-0.15, -0.1) is 0 Å². The minimum Gasteiger partial charge on any atom is -0.0548 e. The standard InChI is InChI=1S/C20H30I2P2/c1-11-12(2)16(6)19(9,15(11)5)23(21)24(22)20(10)17(7)13(3)14(4)18(20)8/h1-10H3/t23-,24-/m0/s1. The molecule has 134 valence electrons. The summed E-state index contributed by atoms with van der Waals surface area (Å²) in [5.41, 5.74) is 12.6. The van der Waals surface area contributed by atoms with Gasteiger partial charge in [-0.2, -0.15) is 0 Å². The van der Waals surface area contributed by atoms with E-state index in [0.717, 1.165) is 0 Å². The van der Waals surface area contributed by atoms with Crippen LogP contribution < -0.4 is 0 Å². The van der Waals surface area contributed by atoms with Crippen molar-refractivity contribution in [2.75, 3.05) is 0 Å². The summed E-state index contributed by atoms with van der Waals surface area (Å²) >= 11 is 5.69. The van der Waals surface area contributed by atoms with Gasteiger partial charge in [0, 0.05) is 20.8 Å². The quantitative estimate of drug-likeness (QED) is 0.228. The maximum absolute atomic E-state index is 2.84. The van der Waals surface area contributed by atoms with Crippen molar-refractivity contribution in [1.82, 2.24) is 0 Å². The van der Waals surface area contributed by atoms with Crippen molar-refractivity contribution in [3.63, 3.8) is 0 Å². The largest absolute Gasteiger partial charge is 0.0548 e. The first-order valence-electron chi connectivity index (χ1n) is 8.49. The molecule has 0 radical (unpaired) electrons. The van der Waals surface area contributed by atoms with Crippen LogP contribution in [-0.2, 0) is 0 Å². The van der Waals surface area contributed by atoms with E-state index >= 15 is 0 Å². The lowest BCUT2D eigenvalue weighted by Gasteiger charge is -2.44. The number of hydrogen-bond donors (Lipinski definition) is 0. The van der Waals surface area contributed by atoms with E-state index in [0.29, 0.717) is 0 Å². The summed E-state index contributed by atoms with van der Waals surface area (Å²) in [4.78, 5) is 0. The Bertz CT molecular complexity index is 612. The van der Waals surface area contributed by atoms with E-state index < -0.39 is 0 Å². The van der Waals surface area contributed by atoms with Crippen molar-refractivity contribution in [1.29, 1.82) is 0 Å². The summed E-state index contributed by atoms with van der Waals surface area (Å²) < 4.78 is 0. The van der Waals surface area contributed by atoms with Gasteiger partial charge in [-0.1, -0.05) is 22.3 Å². The summed E-state index contributed by atoms with van der Waals surface area (Å²) in [6, 6.07) is 0. The normalized spacial score (nSPS) is 26.0. The Labute approximate surface area is 177 Å². The number of rotatable bonds is 3. The monoisotopic (exact) mass is 586 g/mol. The van der Waals surface area contributed by atoms with E-state index in [1.54, 1.807) is 22.3 Å². The Morgan fingerprint density at radius 3 is 0.833 bits per heavy atom. The van der Waals surface area contributed by atoms with Crippen LogP contribution in [0, 0.1) is 0 Å². The smallest absolute Gasteiger partial charge is 0.0436 e. The molecule has 2 aliphatic rings. The molecule has 2 rings (SSSR count). The highest BCUT2D eigenvalue weighted by Crippen LogP contribution is 2.92. The van der Waals surface area contributed by atoms with E-state index in [2.05, 4.69) is 113 Å². The third kappa shape index (κ3) is 2.71. The van der Waals surface area contributed by atoms with Crippen LogP contribution in [0.5, 0.6) is 0 Å². The first-order valence-corrected chi connectivity index (χ1v) is 17.4. The Morgan fingerprint density at radius 2 is 0.667 bits per heavy atom. The molecule has 0 saturated carbocycles. The molecule has 0 N–H and O–H groups in total. The van der Waals surface area contributed by atoms with E-state index in [1.165, 1.54) is 22.3 Å². The van der Waals surface area contributed by atoms with Crippen LogP contribution >= 0.6 is 54.6 Å². The van der Waals surface area contributed by atoms with Gasteiger partial charge in [0.25, 0.3) is 0 Å². The molecule has 0 nitrogen and oxygen atoms in total. The molecule has 0 bridgehead atoms. The van der Waals surface area contributed by atoms with Crippen molar-refractivity contribution < 1.29 is 0 Å². The van der Waals surface area contributed by atoms with Crippen molar-refractivity contribution in [2.45, 2.75) is 79.5 Å². The zero-order valence-corrected chi connectivity index (χ0v) is 22.8. The van der Waals surface area contributed by atoms with Gasteiger partial charge in [-0.3, -0.25) is 0 Å². The van der Waals surface area contributed by atoms with E-state index in [9.17, 15) is 0 Å². The van der Waals surface area contributed by atoms with Gasteiger partial charge in [-0.25, -0.2) is 0 Å². The van der Waals surface area contributed by atoms with Crippen LogP contribution in [0.3, 0.4) is 0 Å². The van der Waals surface area contributed by atoms with Gasteiger partial charge in [0.15, 0.2) is 0 Å². The van der Waals surface area contributed by atoms with Crippen molar-refractivity contribution >= 4 is 54.6 Å². The number of hydrogen-bond acceptors (Lipinski definition) is 0. The van der Waals surface area contributed by atoms with Crippen LogP contribution in [0.2, 0.25) is 0 Å². The van der Waals surface area contributed by atoms with Crippen LogP contribution in [0.25, 0.3) is 0 Å². The second kappa shape index (κ2) is 7.02. The molecule has 0 unspecified atom stereocenters. The summed E-state index contributed by atoms with van der Waals surface area (Å²) in [6.07, 6.45) is 0. The molecule has 2 atom stereocenters. The minimum atomic E-state index is -0.170. The molecule has 0 saturated heterocycles. The van der Waals surface area contributed by atoms with E-state index in [1.807, 2.05) is 0 Å². The maximum Gasteiger partial charge on any atom is 0.0436 e. The van der Waals surface area contributed by atoms with Gasteiger partial charge >= 0.3 is 0 Å². The van der Waals surface area contributed by atoms with Crippen LogP contribution in [0.4, 0.5) is 0 Å². The second-order valence-corrected chi connectivity index (χ2v) is 23.3. The maximum atomic E-state index is 2.84. The zero-order valence-electron chi connectivity index (χ0n) is 16.7. The fourth-order valence-corrected chi connectivity index (χ4v) is 22.5. The number of allylic oxidation sites excluding steroid dienone is 8. The Kier molecular flexibility index (Phi) is 6.32. The van der Waals surface area contributed by atoms with Gasteiger partial charge in [0.2, 0.25) is 0 Å². The summed E-state index contributed by atoms with van der Waals surface area (Å²) in [6.45, 7) is 23.8. The highest BCUT2D eigenvalue weighted by molar-refractivity contribution is 14.2. The third-order valence-corrected chi connectivity index (χ3v) is 34.6. The average molecular weight is 586 g/mol. The fourth-order valence-electron chi connectivity index (χ4n) is 4.05. The zero-order chi connectivity index (χ0) is 18.8. The average Bonchev–Trinajstić information content (AvgIpc) is 2.81. The van der Waals surface area contributed by atoms with Crippen LogP contribution in [0.15, 0.2) is 44.6 Å². The molecule has 0 aliphatic heterocycles. The first kappa shape index (κ1) is 21.6. The molecular formula is C20H30I2P2. The molecule has 0 spiro atoms. The SMILES string of the molecule is CC1=C(C)C(C)([P@@](I)[P@](I)C2(C)C(C)=C(C)C(C)=C2C)C(C)=C1C. The number of halogens is 2. The molecule has 4 heteroatoms. The second-order valence-electron chi connectivity index (χ2n) is 7.66. The highest BCUT2D eigenvalue weighted by atomic mass is 127. The molecule has 0 heterocycles. The van der Waals surface area contributed by atoms with Crippen LogP contribution in [-0.4, -0.2) is 10.3 Å². The van der Waals surface area contributed by atoms with Crippen molar-refractivity contribution in [3.8, 4) is 0 Å². The lowest BCUT2D eigenvalue weighted by atomic mass is 9.98. The molecular weight excluding hydrogens is 556 g/mol. The Balaban J connectivity index is 2.55. The Morgan fingerprint density at radius 1 is 0.500 bits per heavy atom. The van der Waals surface area contributed by atoms with Gasteiger partial charge in [-0.05, 0) is 136 Å². The lowest BCUT2D eigenvalue weighted by Crippen LogP contribution is -2.26. The molecule has 0 amide bonds. The molecule has 0 aromatic heterocycles.